The quantitative estimate of drug-likeness (QED) is 0.436. The van der Waals surface area contributed by atoms with E-state index in [9.17, 15) is 4.79 Å². The number of methoxy groups -OCH3 is 1. The van der Waals surface area contributed by atoms with Crippen molar-refractivity contribution in [3.63, 3.8) is 0 Å². The summed E-state index contributed by atoms with van der Waals surface area (Å²) in [7, 11) is 1.73. The normalized spacial score (nSPS) is 21.7. The topological polar surface area (TPSA) is 45.3 Å². The molecular weight excluding hydrogens is 420 g/mol. The molecule has 0 radical (unpaired) electrons. The number of carbonyl (C=O) groups excluding carboxylic acids is 1. The predicted molar refractivity (Wildman–Crippen MR) is 136 cm³/mol. The summed E-state index contributed by atoms with van der Waals surface area (Å²) < 4.78 is 5.60. The summed E-state index contributed by atoms with van der Waals surface area (Å²) >= 11 is 0. The van der Waals surface area contributed by atoms with Crippen LogP contribution in [-0.4, -0.2) is 36.0 Å². The highest BCUT2D eigenvalue weighted by Gasteiger charge is 2.49. The van der Waals surface area contributed by atoms with Crippen LogP contribution in [0.15, 0.2) is 72.8 Å². The fraction of sp³-hybridized carbons (Fsp3) is 0.300. The van der Waals surface area contributed by atoms with E-state index in [1.54, 1.807) is 7.11 Å². The maximum atomic E-state index is 13.4. The number of aryl methyl sites for hydroxylation is 1. The van der Waals surface area contributed by atoms with Gasteiger partial charge in [0.25, 0.3) is 5.91 Å². The lowest BCUT2D eigenvalue weighted by Gasteiger charge is -2.51. The van der Waals surface area contributed by atoms with Gasteiger partial charge < -0.3 is 14.6 Å². The molecule has 2 atom stereocenters. The first-order chi connectivity index (χ1) is 16.6. The van der Waals surface area contributed by atoms with Gasteiger partial charge in [0.2, 0.25) is 0 Å². The number of aromatic amines is 1. The summed E-state index contributed by atoms with van der Waals surface area (Å²) in [5, 5.41) is 1.33. The highest BCUT2D eigenvalue weighted by atomic mass is 16.5. The van der Waals surface area contributed by atoms with Crippen molar-refractivity contribution in [2.24, 2.45) is 5.92 Å². The minimum absolute atomic E-state index is 0.0229. The Kier molecular flexibility index (Phi) is 4.98. The predicted octanol–water partition coefficient (Wildman–Crippen LogP) is 5.68. The molecule has 1 amide bonds. The molecule has 4 aromatic rings. The molecule has 1 aromatic heterocycles. The second-order valence-electron chi connectivity index (χ2n) is 9.96. The molecule has 3 aromatic carbocycles. The third kappa shape index (κ3) is 3.32. The Bertz CT molecular complexity index is 1370. The summed E-state index contributed by atoms with van der Waals surface area (Å²) in [5.41, 5.74) is 7.34. The van der Waals surface area contributed by atoms with Crippen molar-refractivity contribution in [3.05, 3.63) is 101 Å². The fourth-order valence-corrected chi connectivity index (χ4v) is 6.30. The highest BCUT2D eigenvalue weighted by Crippen LogP contribution is 2.49. The lowest BCUT2D eigenvalue weighted by atomic mass is 9.58. The van der Waals surface area contributed by atoms with E-state index in [1.165, 1.54) is 33.3 Å². The van der Waals surface area contributed by atoms with Gasteiger partial charge in [-0.2, -0.15) is 0 Å². The maximum absolute atomic E-state index is 13.4. The van der Waals surface area contributed by atoms with Crippen LogP contribution in [0.25, 0.3) is 10.9 Å². The van der Waals surface area contributed by atoms with Crippen molar-refractivity contribution in [2.75, 3.05) is 20.2 Å². The number of hydrogen-bond acceptors (Lipinski definition) is 2. The van der Waals surface area contributed by atoms with E-state index in [-0.39, 0.29) is 11.3 Å². The molecule has 1 aliphatic heterocycles. The molecule has 1 N–H and O–H groups in total. The van der Waals surface area contributed by atoms with Gasteiger partial charge >= 0.3 is 0 Å². The highest BCUT2D eigenvalue weighted by molar-refractivity contribution is 5.94. The second-order valence-corrected chi connectivity index (χ2v) is 9.96. The Hall–Kier alpha value is -3.53. The number of carbonyl (C=O) groups is 1. The van der Waals surface area contributed by atoms with Gasteiger partial charge in [-0.15, -0.1) is 0 Å². The van der Waals surface area contributed by atoms with Gasteiger partial charge in [-0.05, 0) is 79.1 Å². The summed E-state index contributed by atoms with van der Waals surface area (Å²) in [4.78, 5) is 19.2. The molecule has 2 heterocycles. The van der Waals surface area contributed by atoms with Crippen LogP contribution in [0.3, 0.4) is 0 Å². The number of nitrogens with zero attached hydrogens (tertiary/aromatic N) is 1. The van der Waals surface area contributed by atoms with Crippen LogP contribution in [0.2, 0.25) is 0 Å². The van der Waals surface area contributed by atoms with Crippen LogP contribution in [0.1, 0.15) is 39.2 Å². The van der Waals surface area contributed by atoms with E-state index in [0.29, 0.717) is 5.92 Å². The molecule has 1 aliphatic carbocycles. The number of amides is 1. The third-order valence-electron chi connectivity index (χ3n) is 8.10. The Labute approximate surface area is 200 Å². The van der Waals surface area contributed by atoms with Gasteiger partial charge in [0.1, 0.15) is 5.75 Å². The lowest BCUT2D eigenvalue weighted by Crippen LogP contribution is -2.55. The molecule has 0 bridgehead atoms. The number of likely N-dealkylation sites (tertiary alicyclic amines) is 1. The van der Waals surface area contributed by atoms with Gasteiger partial charge in [0.05, 0.1) is 7.11 Å². The van der Waals surface area contributed by atoms with E-state index < -0.39 is 0 Å². The first-order valence-electron chi connectivity index (χ1n) is 12.2. The molecule has 0 saturated carbocycles. The van der Waals surface area contributed by atoms with Crippen LogP contribution < -0.4 is 4.74 Å². The number of rotatable bonds is 3. The minimum atomic E-state index is -0.0229. The molecular formula is C30H30N2O2. The number of benzene rings is 3. The van der Waals surface area contributed by atoms with Crippen LogP contribution in [0.5, 0.6) is 5.75 Å². The molecule has 6 rings (SSSR count). The molecule has 2 aliphatic rings. The average molecular weight is 451 g/mol. The van der Waals surface area contributed by atoms with Gasteiger partial charge in [0.15, 0.2) is 0 Å². The van der Waals surface area contributed by atoms with E-state index >= 15 is 0 Å². The molecule has 4 nitrogen and oxygen atoms in total. The number of fused-ring (bicyclic) bond motifs is 4. The molecule has 172 valence electrons. The number of H-pyrrole nitrogens is 1. The largest absolute Gasteiger partial charge is 0.497 e. The van der Waals surface area contributed by atoms with Crippen molar-refractivity contribution in [2.45, 2.75) is 31.6 Å². The molecule has 34 heavy (non-hydrogen) atoms. The number of piperidine rings is 1. The summed E-state index contributed by atoms with van der Waals surface area (Å²) in [6.45, 7) is 3.67. The van der Waals surface area contributed by atoms with E-state index in [1.807, 2.05) is 36.4 Å². The molecule has 1 unspecified atom stereocenters. The summed E-state index contributed by atoms with van der Waals surface area (Å²) in [6, 6.07) is 25.0. The first-order valence-corrected chi connectivity index (χ1v) is 12.2. The Balaban J connectivity index is 1.43. The van der Waals surface area contributed by atoms with Crippen molar-refractivity contribution in [3.8, 4) is 5.75 Å². The summed E-state index contributed by atoms with van der Waals surface area (Å²) in [5.74, 6) is 1.38. The van der Waals surface area contributed by atoms with Gasteiger partial charge in [-0.1, -0.05) is 42.5 Å². The molecule has 4 heteroatoms. The molecule has 1 fully saturated rings. The van der Waals surface area contributed by atoms with Crippen molar-refractivity contribution < 1.29 is 9.53 Å². The van der Waals surface area contributed by atoms with Crippen molar-refractivity contribution >= 4 is 16.8 Å². The third-order valence-corrected chi connectivity index (χ3v) is 8.10. The number of nitrogens with one attached hydrogen (secondary N) is 1. The first kappa shape index (κ1) is 21.0. The van der Waals surface area contributed by atoms with Crippen LogP contribution in [0, 0.1) is 12.8 Å². The van der Waals surface area contributed by atoms with E-state index in [2.05, 4.69) is 53.2 Å². The molecule has 1 saturated heterocycles. The summed E-state index contributed by atoms with van der Waals surface area (Å²) in [6.07, 6.45) is 2.87. The zero-order valence-electron chi connectivity index (χ0n) is 19.8. The number of ether oxygens (including phenoxy) is 1. The smallest absolute Gasteiger partial charge is 0.253 e. The average Bonchev–Trinajstić information content (AvgIpc) is 3.22. The van der Waals surface area contributed by atoms with Gasteiger partial charge in [-0.25, -0.2) is 0 Å². The Morgan fingerprint density at radius 1 is 1.06 bits per heavy atom. The fourth-order valence-electron chi connectivity index (χ4n) is 6.30. The van der Waals surface area contributed by atoms with Crippen molar-refractivity contribution in [1.29, 1.82) is 0 Å². The Morgan fingerprint density at radius 2 is 1.91 bits per heavy atom. The number of aromatic nitrogens is 1. The van der Waals surface area contributed by atoms with E-state index in [0.717, 1.165) is 43.7 Å². The monoisotopic (exact) mass is 450 g/mol. The SMILES string of the molecule is COc1cccc([C@]23CCN(C(=O)c4ccccc4)CC2Cc2c([nH]c4cc(C)ccc24)C3)c1. The van der Waals surface area contributed by atoms with Crippen LogP contribution in [0.4, 0.5) is 0 Å². The van der Waals surface area contributed by atoms with E-state index in [4.69, 9.17) is 4.74 Å². The van der Waals surface area contributed by atoms with Crippen LogP contribution >= 0.6 is 0 Å². The van der Waals surface area contributed by atoms with Crippen molar-refractivity contribution in [1.82, 2.24) is 9.88 Å². The lowest BCUT2D eigenvalue weighted by molar-refractivity contribution is 0.0501. The Morgan fingerprint density at radius 3 is 2.74 bits per heavy atom. The minimum Gasteiger partial charge on any atom is -0.497 e. The van der Waals surface area contributed by atoms with Crippen LogP contribution in [-0.2, 0) is 18.3 Å². The van der Waals surface area contributed by atoms with Gasteiger partial charge in [0, 0.05) is 40.7 Å². The molecule has 0 spiro atoms. The standard InChI is InChI=1S/C30H30N2O2/c1-20-11-12-25-26-17-23-19-32(29(33)21-7-4-3-5-8-21)14-13-30(23,18-28(26)31-27(25)15-20)22-9-6-10-24(16-22)34-2/h3-12,15-16,23,31H,13-14,17-19H2,1-2H3/t23?,30-/m1/s1. The zero-order chi connectivity index (χ0) is 23.3. The van der Waals surface area contributed by atoms with Gasteiger partial charge in [-0.3, -0.25) is 4.79 Å². The zero-order valence-corrected chi connectivity index (χ0v) is 19.8. The maximum Gasteiger partial charge on any atom is 0.253 e. The second kappa shape index (κ2) is 8.05. The number of hydrogen-bond donors (Lipinski definition) is 1.